The summed E-state index contributed by atoms with van der Waals surface area (Å²) in [5.41, 5.74) is 0. The Labute approximate surface area is 80.1 Å². The standard InChI is InChI=1S/C11H19NO/c1-8(9-4-2-3-5-9)11(13)12-10-6-7-10/h8-10H,2-7H2,1H3,(H,12,13). The van der Waals surface area contributed by atoms with Crippen LogP contribution in [0.15, 0.2) is 0 Å². The van der Waals surface area contributed by atoms with Gasteiger partial charge in [-0.25, -0.2) is 0 Å². The Morgan fingerprint density at radius 1 is 1.23 bits per heavy atom. The molecular weight excluding hydrogens is 162 g/mol. The van der Waals surface area contributed by atoms with Gasteiger partial charge in [0.25, 0.3) is 0 Å². The second-order valence-corrected chi connectivity index (χ2v) is 4.62. The molecule has 13 heavy (non-hydrogen) atoms. The summed E-state index contributed by atoms with van der Waals surface area (Å²) in [4.78, 5) is 11.7. The van der Waals surface area contributed by atoms with Gasteiger partial charge in [-0.1, -0.05) is 19.8 Å². The number of hydrogen-bond acceptors (Lipinski definition) is 1. The van der Waals surface area contributed by atoms with Gasteiger partial charge in [0.1, 0.15) is 0 Å². The molecule has 0 aromatic rings. The minimum Gasteiger partial charge on any atom is -0.353 e. The van der Waals surface area contributed by atoms with E-state index < -0.39 is 0 Å². The van der Waals surface area contributed by atoms with E-state index in [4.69, 9.17) is 0 Å². The summed E-state index contributed by atoms with van der Waals surface area (Å²) in [5, 5.41) is 3.09. The smallest absolute Gasteiger partial charge is 0.223 e. The first-order chi connectivity index (χ1) is 6.27. The van der Waals surface area contributed by atoms with E-state index in [1.807, 2.05) is 0 Å². The van der Waals surface area contributed by atoms with Crippen LogP contribution in [-0.2, 0) is 4.79 Å². The lowest BCUT2D eigenvalue weighted by molar-refractivity contribution is -0.126. The van der Waals surface area contributed by atoms with Crippen molar-refractivity contribution in [3.63, 3.8) is 0 Å². The van der Waals surface area contributed by atoms with Crippen molar-refractivity contribution in [3.8, 4) is 0 Å². The summed E-state index contributed by atoms with van der Waals surface area (Å²) in [7, 11) is 0. The molecule has 2 fully saturated rings. The van der Waals surface area contributed by atoms with Gasteiger partial charge in [0.15, 0.2) is 0 Å². The zero-order valence-electron chi connectivity index (χ0n) is 8.38. The van der Waals surface area contributed by atoms with E-state index in [-0.39, 0.29) is 5.92 Å². The normalized spacial score (nSPS) is 25.9. The molecule has 0 saturated heterocycles. The summed E-state index contributed by atoms with van der Waals surface area (Å²) < 4.78 is 0. The summed E-state index contributed by atoms with van der Waals surface area (Å²) in [6.07, 6.45) is 7.57. The summed E-state index contributed by atoms with van der Waals surface area (Å²) in [6, 6.07) is 0.524. The van der Waals surface area contributed by atoms with E-state index >= 15 is 0 Å². The summed E-state index contributed by atoms with van der Waals surface area (Å²) in [5.74, 6) is 1.22. The molecule has 0 aromatic heterocycles. The van der Waals surface area contributed by atoms with Crippen molar-refractivity contribution in [3.05, 3.63) is 0 Å². The fourth-order valence-corrected chi connectivity index (χ4v) is 2.23. The van der Waals surface area contributed by atoms with Crippen LogP contribution in [0.5, 0.6) is 0 Å². The third kappa shape index (κ3) is 2.23. The van der Waals surface area contributed by atoms with Crippen molar-refractivity contribution in [2.45, 2.75) is 51.5 Å². The van der Waals surface area contributed by atoms with Crippen LogP contribution in [-0.4, -0.2) is 11.9 Å². The first-order valence-electron chi connectivity index (χ1n) is 5.58. The molecule has 2 nitrogen and oxygen atoms in total. The average molecular weight is 181 g/mol. The molecule has 0 aromatic carbocycles. The molecule has 1 N–H and O–H groups in total. The molecule has 2 heteroatoms. The van der Waals surface area contributed by atoms with Gasteiger partial charge in [0, 0.05) is 12.0 Å². The molecular formula is C11H19NO. The molecule has 2 aliphatic carbocycles. The first-order valence-corrected chi connectivity index (χ1v) is 5.58. The third-order valence-electron chi connectivity index (χ3n) is 3.44. The number of nitrogens with one attached hydrogen (secondary N) is 1. The lowest BCUT2D eigenvalue weighted by atomic mass is 9.92. The van der Waals surface area contributed by atoms with E-state index in [2.05, 4.69) is 12.2 Å². The Kier molecular flexibility index (Phi) is 2.56. The molecule has 2 aliphatic rings. The molecule has 0 spiro atoms. The molecule has 0 aliphatic heterocycles. The highest BCUT2D eigenvalue weighted by atomic mass is 16.2. The van der Waals surface area contributed by atoms with Gasteiger partial charge in [-0.05, 0) is 31.6 Å². The van der Waals surface area contributed by atoms with Crippen molar-refractivity contribution >= 4 is 5.91 Å². The van der Waals surface area contributed by atoms with Gasteiger partial charge in [-0.3, -0.25) is 4.79 Å². The second kappa shape index (κ2) is 3.69. The lowest BCUT2D eigenvalue weighted by Crippen LogP contribution is -2.33. The van der Waals surface area contributed by atoms with Crippen LogP contribution in [0.1, 0.15) is 45.4 Å². The van der Waals surface area contributed by atoms with Crippen LogP contribution < -0.4 is 5.32 Å². The third-order valence-corrected chi connectivity index (χ3v) is 3.44. The Bertz CT molecular complexity index is 192. The van der Waals surface area contributed by atoms with E-state index in [0.717, 1.165) is 0 Å². The van der Waals surface area contributed by atoms with Crippen molar-refractivity contribution in [2.24, 2.45) is 11.8 Å². The second-order valence-electron chi connectivity index (χ2n) is 4.62. The molecule has 0 bridgehead atoms. The molecule has 0 heterocycles. The molecule has 2 saturated carbocycles. The molecule has 2 rings (SSSR count). The predicted molar refractivity (Wildman–Crippen MR) is 52.3 cm³/mol. The number of rotatable bonds is 3. The van der Waals surface area contributed by atoms with Crippen molar-refractivity contribution in [2.75, 3.05) is 0 Å². The van der Waals surface area contributed by atoms with Crippen molar-refractivity contribution in [1.29, 1.82) is 0 Å². The van der Waals surface area contributed by atoms with E-state index in [9.17, 15) is 4.79 Å². The number of carbonyl (C=O) groups excluding carboxylic acids is 1. The SMILES string of the molecule is CC(C(=O)NC1CC1)C1CCCC1. The molecule has 0 radical (unpaired) electrons. The fourth-order valence-electron chi connectivity index (χ4n) is 2.23. The Morgan fingerprint density at radius 3 is 2.38 bits per heavy atom. The molecule has 1 atom stereocenters. The number of hydrogen-bond donors (Lipinski definition) is 1. The molecule has 1 amide bonds. The van der Waals surface area contributed by atoms with Gasteiger partial charge in [0.05, 0.1) is 0 Å². The predicted octanol–water partition coefficient (Wildman–Crippen LogP) is 2.09. The van der Waals surface area contributed by atoms with Crippen LogP contribution in [0.2, 0.25) is 0 Å². The van der Waals surface area contributed by atoms with Crippen LogP contribution in [0.25, 0.3) is 0 Å². The minimum absolute atomic E-state index is 0.253. The molecule has 1 unspecified atom stereocenters. The maximum atomic E-state index is 11.7. The maximum Gasteiger partial charge on any atom is 0.223 e. The van der Waals surface area contributed by atoms with E-state index in [1.165, 1.54) is 38.5 Å². The zero-order chi connectivity index (χ0) is 9.26. The maximum absolute atomic E-state index is 11.7. The quantitative estimate of drug-likeness (QED) is 0.709. The summed E-state index contributed by atoms with van der Waals surface area (Å²) in [6.45, 7) is 2.09. The fraction of sp³-hybridized carbons (Fsp3) is 0.909. The Morgan fingerprint density at radius 2 is 1.85 bits per heavy atom. The van der Waals surface area contributed by atoms with Gasteiger partial charge in [0.2, 0.25) is 5.91 Å². The van der Waals surface area contributed by atoms with E-state index in [0.29, 0.717) is 17.9 Å². The average Bonchev–Trinajstić information content (AvgIpc) is 2.78. The topological polar surface area (TPSA) is 29.1 Å². The van der Waals surface area contributed by atoms with Crippen LogP contribution in [0, 0.1) is 11.8 Å². The first kappa shape index (κ1) is 9.04. The Hall–Kier alpha value is -0.530. The summed E-state index contributed by atoms with van der Waals surface area (Å²) >= 11 is 0. The van der Waals surface area contributed by atoms with Gasteiger partial charge < -0.3 is 5.32 Å². The van der Waals surface area contributed by atoms with Crippen LogP contribution >= 0.6 is 0 Å². The monoisotopic (exact) mass is 181 g/mol. The largest absolute Gasteiger partial charge is 0.353 e. The lowest BCUT2D eigenvalue weighted by Gasteiger charge is -2.17. The highest BCUT2D eigenvalue weighted by Crippen LogP contribution is 2.31. The van der Waals surface area contributed by atoms with Gasteiger partial charge in [-0.15, -0.1) is 0 Å². The van der Waals surface area contributed by atoms with Crippen molar-refractivity contribution in [1.82, 2.24) is 5.32 Å². The highest BCUT2D eigenvalue weighted by Gasteiger charge is 2.30. The van der Waals surface area contributed by atoms with Gasteiger partial charge in [-0.2, -0.15) is 0 Å². The number of amides is 1. The van der Waals surface area contributed by atoms with Crippen LogP contribution in [0.3, 0.4) is 0 Å². The van der Waals surface area contributed by atoms with Gasteiger partial charge >= 0.3 is 0 Å². The minimum atomic E-state index is 0.253. The van der Waals surface area contributed by atoms with Crippen molar-refractivity contribution < 1.29 is 4.79 Å². The molecule has 74 valence electrons. The zero-order valence-corrected chi connectivity index (χ0v) is 8.38. The highest BCUT2D eigenvalue weighted by molar-refractivity contribution is 5.79. The Balaban J connectivity index is 1.79. The number of carbonyl (C=O) groups is 1. The van der Waals surface area contributed by atoms with Crippen LogP contribution in [0.4, 0.5) is 0 Å². The van der Waals surface area contributed by atoms with E-state index in [1.54, 1.807) is 0 Å².